The van der Waals surface area contributed by atoms with Gasteiger partial charge in [-0.1, -0.05) is 6.07 Å². The highest BCUT2D eigenvalue weighted by atomic mass is 16.5. The second kappa shape index (κ2) is 9.40. The van der Waals surface area contributed by atoms with E-state index >= 15 is 0 Å². The van der Waals surface area contributed by atoms with Gasteiger partial charge in [-0.05, 0) is 43.5 Å². The van der Waals surface area contributed by atoms with Crippen molar-refractivity contribution in [3.05, 3.63) is 29.3 Å². The van der Waals surface area contributed by atoms with Crippen LogP contribution < -0.4 is 15.4 Å². The van der Waals surface area contributed by atoms with Crippen molar-refractivity contribution in [1.82, 2.24) is 10.6 Å². The van der Waals surface area contributed by atoms with E-state index in [2.05, 4.69) is 10.6 Å². The molecule has 1 aromatic rings. The van der Waals surface area contributed by atoms with Crippen LogP contribution in [0.25, 0.3) is 0 Å². The predicted octanol–water partition coefficient (Wildman–Crippen LogP) is 1.22. The van der Waals surface area contributed by atoms with Crippen molar-refractivity contribution in [2.24, 2.45) is 0 Å². The van der Waals surface area contributed by atoms with Crippen LogP contribution in [0.3, 0.4) is 0 Å². The smallest absolute Gasteiger partial charge is 0.257 e. The molecule has 118 valence electrons. The monoisotopic (exact) mass is 303 g/mol. The van der Waals surface area contributed by atoms with Crippen molar-refractivity contribution in [3.8, 4) is 11.8 Å². The molecule has 22 heavy (non-hydrogen) atoms. The Morgan fingerprint density at radius 3 is 2.45 bits per heavy atom. The highest BCUT2D eigenvalue weighted by Gasteiger charge is 2.04. The Morgan fingerprint density at radius 1 is 1.14 bits per heavy atom. The average molecular weight is 303 g/mol. The number of ether oxygens (including phenoxy) is 1. The number of carbonyl (C=O) groups is 2. The largest absolute Gasteiger partial charge is 0.484 e. The number of rotatable bonds is 8. The molecule has 0 atom stereocenters. The summed E-state index contributed by atoms with van der Waals surface area (Å²) in [4.78, 5) is 22.6. The molecule has 0 aliphatic rings. The molecule has 0 spiro atoms. The Kier molecular flexibility index (Phi) is 7.48. The van der Waals surface area contributed by atoms with E-state index in [1.807, 2.05) is 32.0 Å². The third kappa shape index (κ3) is 6.75. The molecule has 0 saturated carbocycles. The lowest BCUT2D eigenvalue weighted by molar-refractivity contribution is -0.123. The molecule has 2 amide bonds. The van der Waals surface area contributed by atoms with Gasteiger partial charge in [0.2, 0.25) is 5.91 Å². The summed E-state index contributed by atoms with van der Waals surface area (Å²) in [5.74, 6) is 0.162. The summed E-state index contributed by atoms with van der Waals surface area (Å²) < 4.78 is 5.41. The second-order valence-corrected chi connectivity index (χ2v) is 4.92. The van der Waals surface area contributed by atoms with Crippen molar-refractivity contribution >= 4 is 11.8 Å². The molecule has 0 bridgehead atoms. The first-order chi connectivity index (χ1) is 10.5. The Morgan fingerprint density at radius 2 is 1.82 bits per heavy atom. The van der Waals surface area contributed by atoms with E-state index in [0.29, 0.717) is 25.3 Å². The zero-order valence-corrected chi connectivity index (χ0v) is 12.9. The summed E-state index contributed by atoms with van der Waals surface area (Å²) in [5.41, 5.74) is 2.29. The first kappa shape index (κ1) is 17.5. The van der Waals surface area contributed by atoms with Crippen LogP contribution in [0.5, 0.6) is 5.75 Å². The van der Waals surface area contributed by atoms with Gasteiger partial charge >= 0.3 is 0 Å². The van der Waals surface area contributed by atoms with Crippen LogP contribution in [0.1, 0.15) is 24.0 Å². The molecule has 2 N–H and O–H groups in total. The highest BCUT2D eigenvalue weighted by molar-refractivity contribution is 5.78. The van der Waals surface area contributed by atoms with Crippen molar-refractivity contribution in [1.29, 1.82) is 5.26 Å². The lowest BCUT2D eigenvalue weighted by Gasteiger charge is -2.09. The van der Waals surface area contributed by atoms with Gasteiger partial charge in [0.1, 0.15) is 12.2 Å². The number of nitriles is 1. The van der Waals surface area contributed by atoms with Gasteiger partial charge in [-0.15, -0.1) is 0 Å². The van der Waals surface area contributed by atoms with E-state index in [4.69, 9.17) is 10.00 Å². The van der Waals surface area contributed by atoms with Crippen LogP contribution in [0.2, 0.25) is 0 Å². The minimum atomic E-state index is -0.299. The Labute approximate surface area is 130 Å². The summed E-state index contributed by atoms with van der Waals surface area (Å²) in [6, 6.07) is 7.45. The summed E-state index contributed by atoms with van der Waals surface area (Å²) in [5, 5.41) is 13.6. The third-order valence-corrected chi connectivity index (χ3v) is 3.09. The normalized spacial score (nSPS) is 9.68. The van der Waals surface area contributed by atoms with Crippen LogP contribution in [0.15, 0.2) is 18.2 Å². The number of nitrogens with one attached hydrogen (secondary N) is 2. The van der Waals surface area contributed by atoms with Crippen molar-refractivity contribution < 1.29 is 14.3 Å². The number of carbonyl (C=O) groups excluding carboxylic acids is 2. The number of aryl methyl sites for hydroxylation is 2. The van der Waals surface area contributed by atoms with Gasteiger partial charge in [0.25, 0.3) is 5.91 Å². The molecule has 0 heterocycles. The Bertz CT molecular complexity index is 564. The minimum absolute atomic E-state index is 0.0384. The fourth-order valence-electron chi connectivity index (χ4n) is 1.68. The van der Waals surface area contributed by atoms with Gasteiger partial charge in [-0.2, -0.15) is 5.26 Å². The van der Waals surface area contributed by atoms with E-state index in [9.17, 15) is 9.59 Å². The van der Waals surface area contributed by atoms with E-state index < -0.39 is 0 Å². The fourth-order valence-corrected chi connectivity index (χ4v) is 1.68. The minimum Gasteiger partial charge on any atom is -0.484 e. The predicted molar refractivity (Wildman–Crippen MR) is 82.3 cm³/mol. The van der Waals surface area contributed by atoms with Gasteiger partial charge in [0, 0.05) is 13.1 Å². The number of hydrogen-bond acceptors (Lipinski definition) is 4. The van der Waals surface area contributed by atoms with Crippen LogP contribution in [-0.4, -0.2) is 31.5 Å². The second-order valence-electron chi connectivity index (χ2n) is 4.92. The van der Waals surface area contributed by atoms with E-state index in [0.717, 1.165) is 5.56 Å². The molecule has 0 aliphatic heterocycles. The lowest BCUT2D eigenvalue weighted by Crippen LogP contribution is -2.32. The maximum Gasteiger partial charge on any atom is 0.257 e. The molecule has 0 radical (unpaired) electrons. The topological polar surface area (TPSA) is 91.2 Å². The molecule has 6 nitrogen and oxygen atoms in total. The van der Waals surface area contributed by atoms with Gasteiger partial charge in [0.05, 0.1) is 6.07 Å². The van der Waals surface area contributed by atoms with Gasteiger partial charge < -0.3 is 15.4 Å². The van der Waals surface area contributed by atoms with Crippen molar-refractivity contribution in [2.45, 2.75) is 26.7 Å². The summed E-state index contributed by atoms with van der Waals surface area (Å²) >= 11 is 0. The highest BCUT2D eigenvalue weighted by Crippen LogP contribution is 2.16. The first-order valence-electron chi connectivity index (χ1n) is 7.13. The standard InChI is InChI=1S/C16H21N3O3/c1-12-4-5-14(10-13(12)2)22-11-16(21)19-9-3-8-18-15(20)6-7-17/h4-5,10H,3,6,8-9,11H2,1-2H3,(H,18,20)(H,19,21). The molecular formula is C16H21N3O3. The molecule has 0 fully saturated rings. The summed E-state index contributed by atoms with van der Waals surface area (Å²) in [6.45, 7) is 4.84. The van der Waals surface area contributed by atoms with Crippen LogP contribution in [0.4, 0.5) is 0 Å². The van der Waals surface area contributed by atoms with Crippen LogP contribution in [0, 0.1) is 25.2 Å². The average Bonchev–Trinajstić information content (AvgIpc) is 2.48. The van der Waals surface area contributed by atoms with Crippen molar-refractivity contribution in [3.63, 3.8) is 0 Å². The van der Waals surface area contributed by atoms with Gasteiger partial charge in [0.15, 0.2) is 6.61 Å². The summed E-state index contributed by atoms with van der Waals surface area (Å²) in [6.07, 6.45) is 0.461. The zero-order chi connectivity index (χ0) is 16.4. The summed E-state index contributed by atoms with van der Waals surface area (Å²) in [7, 11) is 0. The fraction of sp³-hybridized carbons (Fsp3) is 0.438. The Balaban J connectivity index is 2.15. The number of hydrogen-bond donors (Lipinski definition) is 2. The number of nitrogens with zero attached hydrogens (tertiary/aromatic N) is 1. The first-order valence-corrected chi connectivity index (χ1v) is 7.13. The molecule has 0 saturated heterocycles. The molecular weight excluding hydrogens is 282 g/mol. The molecule has 0 aliphatic carbocycles. The van der Waals surface area contributed by atoms with E-state index in [1.165, 1.54) is 5.56 Å². The van der Waals surface area contributed by atoms with Gasteiger partial charge in [-0.3, -0.25) is 9.59 Å². The van der Waals surface area contributed by atoms with E-state index in [1.54, 1.807) is 6.07 Å². The molecule has 1 aromatic carbocycles. The SMILES string of the molecule is Cc1ccc(OCC(=O)NCCCNC(=O)CC#N)cc1C. The van der Waals surface area contributed by atoms with Crippen molar-refractivity contribution in [2.75, 3.05) is 19.7 Å². The molecule has 1 rings (SSSR count). The molecule has 0 aromatic heterocycles. The van der Waals surface area contributed by atoms with Crippen LogP contribution in [-0.2, 0) is 9.59 Å². The Hall–Kier alpha value is -2.55. The van der Waals surface area contributed by atoms with E-state index in [-0.39, 0.29) is 24.8 Å². The quantitative estimate of drug-likeness (QED) is 0.706. The maximum absolute atomic E-state index is 11.6. The number of benzene rings is 1. The molecule has 6 heteroatoms. The number of amides is 2. The third-order valence-electron chi connectivity index (χ3n) is 3.09. The maximum atomic E-state index is 11.6. The van der Waals surface area contributed by atoms with Gasteiger partial charge in [-0.25, -0.2) is 0 Å². The van der Waals surface area contributed by atoms with Crippen LogP contribution >= 0.6 is 0 Å². The zero-order valence-electron chi connectivity index (χ0n) is 12.9. The lowest BCUT2D eigenvalue weighted by atomic mass is 10.1. The molecule has 0 unspecified atom stereocenters.